The molecule has 2 aromatic heterocycles. The molecule has 0 bridgehead atoms. The predicted molar refractivity (Wildman–Crippen MR) is 101 cm³/mol. The lowest BCUT2D eigenvalue weighted by Crippen LogP contribution is -2.29. The topological polar surface area (TPSA) is 66.1 Å². The zero-order valence-corrected chi connectivity index (χ0v) is 15.4. The van der Waals surface area contributed by atoms with Crippen molar-refractivity contribution in [3.8, 4) is 0 Å². The predicted octanol–water partition coefficient (Wildman–Crippen LogP) is 4.25. The molecule has 0 aliphatic heterocycles. The largest absolute Gasteiger partial charge is 0.443 e. The fourth-order valence-corrected chi connectivity index (χ4v) is 3.77. The van der Waals surface area contributed by atoms with E-state index < -0.39 is 11.7 Å². The van der Waals surface area contributed by atoms with Crippen molar-refractivity contribution in [2.24, 2.45) is 0 Å². The first-order valence-electron chi connectivity index (χ1n) is 9.11. The van der Waals surface area contributed by atoms with Gasteiger partial charge in [0.2, 0.25) is 0 Å². The average molecular weight is 353 g/mol. The third-order valence-electron chi connectivity index (χ3n) is 4.87. The van der Waals surface area contributed by atoms with Crippen molar-refractivity contribution in [2.75, 3.05) is 0 Å². The van der Waals surface area contributed by atoms with E-state index in [1.54, 1.807) is 4.57 Å². The zero-order valence-electron chi connectivity index (χ0n) is 15.4. The van der Waals surface area contributed by atoms with E-state index in [0.717, 1.165) is 36.5 Å². The monoisotopic (exact) mass is 353 g/mol. The molecule has 6 nitrogen and oxygen atoms in total. The van der Waals surface area contributed by atoms with Gasteiger partial charge in [-0.1, -0.05) is 31.0 Å². The second-order valence-electron chi connectivity index (χ2n) is 7.94. The Labute approximate surface area is 151 Å². The molecule has 0 unspecified atom stereocenters. The van der Waals surface area contributed by atoms with E-state index in [-0.39, 0.29) is 11.7 Å². The lowest BCUT2D eigenvalue weighted by molar-refractivity contribution is 0.0550. The Balaban J connectivity index is 1.97. The Morgan fingerprint density at radius 1 is 1.15 bits per heavy atom. The van der Waals surface area contributed by atoms with Gasteiger partial charge in [0, 0.05) is 23.0 Å². The van der Waals surface area contributed by atoms with Crippen LogP contribution >= 0.6 is 0 Å². The number of hydrogen-bond donors (Lipinski definition) is 0. The summed E-state index contributed by atoms with van der Waals surface area (Å²) in [5.74, 6) is 0. The molecule has 2 heterocycles. The van der Waals surface area contributed by atoms with E-state index in [1.807, 2.05) is 51.2 Å². The van der Waals surface area contributed by atoms with Crippen molar-refractivity contribution in [1.29, 1.82) is 0 Å². The molecule has 1 fully saturated rings. The Kier molecular flexibility index (Phi) is 3.86. The highest BCUT2D eigenvalue weighted by Gasteiger charge is 2.25. The first-order chi connectivity index (χ1) is 12.3. The van der Waals surface area contributed by atoms with Crippen LogP contribution in [0.1, 0.15) is 52.5 Å². The van der Waals surface area contributed by atoms with Crippen LogP contribution in [0, 0.1) is 0 Å². The molecule has 1 aromatic carbocycles. The fourth-order valence-electron chi connectivity index (χ4n) is 3.77. The molecule has 0 atom stereocenters. The number of nitrogens with zero attached hydrogens (tertiary/aromatic N) is 3. The molecule has 1 saturated carbocycles. The van der Waals surface area contributed by atoms with Crippen LogP contribution in [-0.2, 0) is 4.74 Å². The molecule has 1 aliphatic rings. The number of carbonyl (C=O) groups excluding carboxylic acids is 1. The summed E-state index contributed by atoms with van der Waals surface area (Å²) in [5.41, 5.74) is 0.123. The maximum atomic E-state index is 12.8. The third kappa shape index (κ3) is 2.79. The standard InChI is InChI=1S/C20H23N3O3/c1-20(2,3)26-19(25)23-16-11-7-6-10-14(16)15-12-22(13-8-4-5-9-13)18(24)21-17(15)23/h6-7,10-13H,4-5,8-9H2,1-3H3. The summed E-state index contributed by atoms with van der Waals surface area (Å²) in [5, 5.41) is 1.70. The summed E-state index contributed by atoms with van der Waals surface area (Å²) in [6.45, 7) is 5.46. The van der Waals surface area contributed by atoms with Crippen LogP contribution in [0.4, 0.5) is 4.79 Å². The van der Waals surface area contributed by atoms with Gasteiger partial charge < -0.3 is 4.74 Å². The summed E-state index contributed by atoms with van der Waals surface area (Å²) >= 11 is 0. The number of aromatic nitrogens is 3. The van der Waals surface area contributed by atoms with E-state index in [0.29, 0.717) is 11.2 Å². The minimum absolute atomic E-state index is 0.197. The molecule has 0 N–H and O–H groups in total. The molecule has 3 aromatic rings. The van der Waals surface area contributed by atoms with Crippen molar-refractivity contribution < 1.29 is 9.53 Å². The maximum Gasteiger partial charge on any atom is 0.420 e. The molecule has 26 heavy (non-hydrogen) atoms. The van der Waals surface area contributed by atoms with E-state index in [4.69, 9.17) is 4.74 Å². The fraction of sp³-hybridized carbons (Fsp3) is 0.450. The molecule has 0 saturated heterocycles. The number of para-hydroxylation sites is 1. The Hall–Kier alpha value is -2.63. The van der Waals surface area contributed by atoms with Gasteiger partial charge in [-0.2, -0.15) is 4.98 Å². The second-order valence-corrected chi connectivity index (χ2v) is 7.94. The molecular weight excluding hydrogens is 330 g/mol. The van der Waals surface area contributed by atoms with Gasteiger partial charge >= 0.3 is 11.8 Å². The summed E-state index contributed by atoms with van der Waals surface area (Å²) in [7, 11) is 0. The summed E-state index contributed by atoms with van der Waals surface area (Å²) in [4.78, 5) is 29.7. The lowest BCUT2D eigenvalue weighted by atomic mass is 10.2. The molecule has 6 heteroatoms. The molecule has 4 rings (SSSR count). The zero-order chi connectivity index (χ0) is 18.5. The van der Waals surface area contributed by atoms with Gasteiger partial charge in [-0.25, -0.2) is 14.2 Å². The normalized spacial score (nSPS) is 15.8. The van der Waals surface area contributed by atoms with Crippen LogP contribution in [0.15, 0.2) is 35.3 Å². The van der Waals surface area contributed by atoms with Gasteiger partial charge in [0.05, 0.1) is 5.52 Å². The number of hydrogen-bond acceptors (Lipinski definition) is 4. The molecular formula is C20H23N3O3. The van der Waals surface area contributed by atoms with Crippen LogP contribution in [0.5, 0.6) is 0 Å². The van der Waals surface area contributed by atoms with E-state index in [1.165, 1.54) is 4.57 Å². The van der Waals surface area contributed by atoms with Gasteiger partial charge in [-0.15, -0.1) is 0 Å². The molecule has 136 valence electrons. The van der Waals surface area contributed by atoms with Crippen LogP contribution in [-0.4, -0.2) is 25.8 Å². The highest BCUT2D eigenvalue weighted by atomic mass is 16.6. The maximum absolute atomic E-state index is 12.8. The van der Waals surface area contributed by atoms with Gasteiger partial charge in [-0.3, -0.25) is 4.57 Å². The van der Waals surface area contributed by atoms with Crippen molar-refractivity contribution in [3.05, 3.63) is 40.9 Å². The highest BCUT2D eigenvalue weighted by molar-refractivity contribution is 6.10. The Morgan fingerprint density at radius 2 is 1.85 bits per heavy atom. The number of ether oxygens (including phenoxy) is 1. The van der Waals surface area contributed by atoms with Crippen LogP contribution in [0.3, 0.4) is 0 Å². The van der Waals surface area contributed by atoms with Crippen molar-refractivity contribution in [1.82, 2.24) is 14.1 Å². The van der Waals surface area contributed by atoms with Crippen LogP contribution < -0.4 is 5.69 Å². The van der Waals surface area contributed by atoms with E-state index in [9.17, 15) is 9.59 Å². The molecule has 0 radical (unpaired) electrons. The van der Waals surface area contributed by atoms with E-state index >= 15 is 0 Å². The van der Waals surface area contributed by atoms with Gasteiger partial charge in [0.1, 0.15) is 5.60 Å². The molecule has 0 spiro atoms. The number of rotatable bonds is 1. The van der Waals surface area contributed by atoms with E-state index in [2.05, 4.69) is 4.98 Å². The minimum atomic E-state index is -0.631. The summed E-state index contributed by atoms with van der Waals surface area (Å²) < 4.78 is 8.69. The van der Waals surface area contributed by atoms with Crippen LogP contribution in [0.25, 0.3) is 21.9 Å². The van der Waals surface area contributed by atoms with Crippen molar-refractivity contribution in [3.63, 3.8) is 0 Å². The molecule has 1 aliphatic carbocycles. The quantitative estimate of drug-likeness (QED) is 0.656. The molecule has 0 amide bonds. The lowest BCUT2D eigenvalue weighted by Gasteiger charge is -2.20. The third-order valence-corrected chi connectivity index (χ3v) is 4.87. The Morgan fingerprint density at radius 3 is 2.54 bits per heavy atom. The first-order valence-corrected chi connectivity index (χ1v) is 9.11. The average Bonchev–Trinajstić information content (AvgIpc) is 3.17. The smallest absolute Gasteiger partial charge is 0.420 e. The van der Waals surface area contributed by atoms with Gasteiger partial charge in [-0.05, 0) is 39.7 Å². The first kappa shape index (κ1) is 16.8. The summed E-state index contributed by atoms with van der Waals surface area (Å²) in [6.07, 6.45) is 5.61. The van der Waals surface area contributed by atoms with Crippen molar-refractivity contribution in [2.45, 2.75) is 58.1 Å². The van der Waals surface area contributed by atoms with Gasteiger partial charge in [0.25, 0.3) is 0 Å². The summed E-state index contributed by atoms with van der Waals surface area (Å²) in [6, 6.07) is 7.79. The second kappa shape index (κ2) is 5.97. The van der Waals surface area contributed by atoms with Crippen molar-refractivity contribution >= 4 is 28.0 Å². The Bertz CT molecular complexity index is 1050. The van der Waals surface area contributed by atoms with Gasteiger partial charge in [0.15, 0.2) is 5.65 Å². The SMILES string of the molecule is CC(C)(C)OC(=O)n1c2ccccc2c2cn(C3CCCC3)c(=O)nc21. The highest BCUT2D eigenvalue weighted by Crippen LogP contribution is 2.31. The number of benzene rings is 1. The number of carbonyl (C=O) groups is 1. The minimum Gasteiger partial charge on any atom is -0.443 e. The van der Waals surface area contributed by atoms with Crippen LogP contribution in [0.2, 0.25) is 0 Å². The number of fused-ring (bicyclic) bond motifs is 3.